The van der Waals surface area contributed by atoms with Crippen LogP contribution in [0.2, 0.25) is 0 Å². The number of imidazole rings is 1. The van der Waals surface area contributed by atoms with E-state index in [-0.39, 0.29) is 0 Å². The van der Waals surface area contributed by atoms with Crippen molar-refractivity contribution >= 4 is 24.0 Å². The van der Waals surface area contributed by atoms with Gasteiger partial charge in [0.2, 0.25) is 0 Å². The molecule has 0 amide bonds. The summed E-state index contributed by atoms with van der Waals surface area (Å²) >= 11 is 7.33. The number of hydrogen-bond acceptors (Lipinski definition) is 2. The molecular weight excluding hydrogens is 212 g/mol. The average Bonchev–Trinajstić information content (AvgIpc) is 2.68. The zero-order valence-electron chi connectivity index (χ0n) is 8.67. The Morgan fingerprint density at radius 1 is 1.71 bits per heavy atom. The second kappa shape index (κ2) is 3.74. The summed E-state index contributed by atoms with van der Waals surface area (Å²) in [5, 5.41) is 0. The highest BCUT2D eigenvalue weighted by Crippen LogP contribution is 2.39. The number of nitrogens with one attached hydrogen (secondary N) is 1. The topological polar surface area (TPSA) is 20.7 Å². The molecule has 1 N–H and O–H groups in total. The fourth-order valence-electron chi connectivity index (χ4n) is 1.97. The van der Waals surface area contributed by atoms with E-state index in [0.717, 1.165) is 11.3 Å². The van der Waals surface area contributed by atoms with E-state index in [1.54, 1.807) is 0 Å². The van der Waals surface area contributed by atoms with E-state index in [4.69, 9.17) is 12.2 Å². The molecule has 1 atom stereocenters. The molecule has 78 valence electrons. The second-order valence-corrected chi connectivity index (χ2v) is 6.29. The van der Waals surface area contributed by atoms with Crippen LogP contribution >= 0.6 is 24.0 Å². The van der Waals surface area contributed by atoms with Crippen LogP contribution in [0, 0.1) is 11.7 Å². The normalized spacial score (nSPS) is 27.0. The molecule has 0 saturated carbocycles. The van der Waals surface area contributed by atoms with Crippen molar-refractivity contribution in [3.8, 4) is 0 Å². The van der Waals surface area contributed by atoms with Gasteiger partial charge < -0.3 is 9.55 Å². The number of aromatic amines is 1. The van der Waals surface area contributed by atoms with Crippen LogP contribution in [0.5, 0.6) is 0 Å². The molecule has 0 aromatic carbocycles. The predicted octanol–water partition coefficient (Wildman–Crippen LogP) is 3.14. The summed E-state index contributed by atoms with van der Waals surface area (Å²) in [6, 6.07) is 0. The van der Waals surface area contributed by atoms with Gasteiger partial charge in [-0.1, -0.05) is 0 Å². The van der Waals surface area contributed by atoms with E-state index < -0.39 is 0 Å². The maximum absolute atomic E-state index is 5.26. The summed E-state index contributed by atoms with van der Waals surface area (Å²) in [5.74, 6) is 1.30. The van der Waals surface area contributed by atoms with E-state index in [9.17, 15) is 0 Å². The van der Waals surface area contributed by atoms with E-state index >= 15 is 0 Å². The van der Waals surface area contributed by atoms with Gasteiger partial charge in [0.05, 0.1) is 0 Å². The van der Waals surface area contributed by atoms with Gasteiger partial charge in [-0.2, -0.15) is 11.8 Å². The first kappa shape index (κ1) is 10.3. The third-order valence-electron chi connectivity index (χ3n) is 2.87. The molecule has 0 spiro atoms. The molecule has 0 radical (unpaired) electrons. The van der Waals surface area contributed by atoms with Crippen molar-refractivity contribution in [2.75, 3.05) is 5.75 Å². The Kier molecular flexibility index (Phi) is 2.75. The number of rotatable bonds is 2. The highest BCUT2D eigenvalue weighted by molar-refractivity contribution is 8.00. The van der Waals surface area contributed by atoms with Gasteiger partial charge in [0.25, 0.3) is 0 Å². The number of hydrogen-bond donors (Lipinski definition) is 1. The monoisotopic (exact) mass is 228 g/mol. The molecule has 2 rings (SSSR count). The number of H-pyrrole nitrogens is 1. The number of aryl methyl sites for hydroxylation is 1. The Morgan fingerprint density at radius 2 is 2.50 bits per heavy atom. The predicted molar refractivity (Wildman–Crippen MR) is 64.5 cm³/mol. The first-order chi connectivity index (χ1) is 6.61. The number of nitrogens with zero attached hydrogens (tertiary/aromatic N) is 1. The molecular formula is C10H16N2S2. The number of thioether (sulfide) groups is 1. The molecule has 1 unspecified atom stereocenters. The van der Waals surface area contributed by atoms with Crippen LogP contribution in [-0.2, 0) is 6.54 Å². The summed E-state index contributed by atoms with van der Waals surface area (Å²) < 4.78 is 3.47. The van der Waals surface area contributed by atoms with E-state index in [1.807, 2.05) is 6.20 Å². The molecule has 2 heterocycles. The zero-order chi connectivity index (χ0) is 10.2. The third-order valence-corrected chi connectivity index (χ3v) is 4.73. The highest BCUT2D eigenvalue weighted by atomic mass is 32.2. The van der Waals surface area contributed by atoms with Gasteiger partial charge in [0.1, 0.15) is 0 Å². The summed E-state index contributed by atoms with van der Waals surface area (Å²) in [6.07, 6.45) is 4.65. The van der Waals surface area contributed by atoms with Crippen LogP contribution in [0.25, 0.3) is 0 Å². The molecule has 1 aliphatic rings. The van der Waals surface area contributed by atoms with Crippen LogP contribution in [0.1, 0.15) is 25.5 Å². The van der Waals surface area contributed by atoms with Crippen molar-refractivity contribution in [3.05, 3.63) is 16.7 Å². The van der Waals surface area contributed by atoms with Crippen LogP contribution < -0.4 is 0 Å². The maximum Gasteiger partial charge on any atom is 0.177 e. The Balaban J connectivity index is 2.21. The largest absolute Gasteiger partial charge is 0.337 e. The van der Waals surface area contributed by atoms with Gasteiger partial charge in [-0.25, -0.2) is 0 Å². The molecule has 0 aliphatic carbocycles. The minimum atomic E-state index is 0.394. The Hall–Kier alpha value is -0.220. The fourth-order valence-corrected chi connectivity index (χ4v) is 3.53. The van der Waals surface area contributed by atoms with Gasteiger partial charge in [-0.15, -0.1) is 0 Å². The summed E-state index contributed by atoms with van der Waals surface area (Å²) in [4.78, 5) is 3.10. The van der Waals surface area contributed by atoms with Gasteiger partial charge in [0, 0.05) is 23.2 Å². The molecule has 4 heteroatoms. The van der Waals surface area contributed by atoms with Crippen molar-refractivity contribution in [1.82, 2.24) is 9.55 Å². The van der Waals surface area contributed by atoms with Crippen molar-refractivity contribution < 1.29 is 0 Å². The quantitative estimate of drug-likeness (QED) is 0.785. The van der Waals surface area contributed by atoms with Crippen LogP contribution in [0.3, 0.4) is 0 Å². The smallest absolute Gasteiger partial charge is 0.177 e. The molecule has 14 heavy (non-hydrogen) atoms. The average molecular weight is 228 g/mol. The third kappa shape index (κ3) is 1.91. The molecule has 1 fully saturated rings. The van der Waals surface area contributed by atoms with E-state index in [1.165, 1.54) is 24.3 Å². The Bertz CT molecular complexity index is 372. The van der Waals surface area contributed by atoms with Crippen LogP contribution in [0.4, 0.5) is 0 Å². The van der Waals surface area contributed by atoms with Crippen molar-refractivity contribution in [1.29, 1.82) is 0 Å². The molecule has 1 aromatic heterocycles. The van der Waals surface area contributed by atoms with Gasteiger partial charge >= 0.3 is 0 Å². The van der Waals surface area contributed by atoms with Crippen molar-refractivity contribution in [2.24, 2.45) is 0 Å². The van der Waals surface area contributed by atoms with E-state index in [0.29, 0.717) is 4.75 Å². The SMILES string of the molecule is Cc1c[nH]c(=S)n1CC1(C)CCCS1. The van der Waals surface area contributed by atoms with Gasteiger partial charge in [0.15, 0.2) is 4.77 Å². The zero-order valence-corrected chi connectivity index (χ0v) is 10.3. The van der Waals surface area contributed by atoms with Gasteiger partial charge in [-0.3, -0.25) is 0 Å². The Morgan fingerprint density at radius 3 is 3.00 bits per heavy atom. The standard InChI is InChI=1S/C10H16N2S2/c1-8-6-11-9(13)12(8)7-10(2)4-3-5-14-10/h6H,3-5,7H2,1-2H3,(H,11,13). The van der Waals surface area contributed by atoms with Crippen molar-refractivity contribution in [3.63, 3.8) is 0 Å². The molecule has 1 aromatic rings. The summed E-state index contributed by atoms with van der Waals surface area (Å²) in [7, 11) is 0. The lowest BCUT2D eigenvalue weighted by atomic mass is 10.1. The van der Waals surface area contributed by atoms with Crippen LogP contribution in [0.15, 0.2) is 6.20 Å². The lowest BCUT2D eigenvalue weighted by molar-refractivity contribution is 0.500. The summed E-state index contributed by atoms with van der Waals surface area (Å²) in [6.45, 7) is 5.50. The molecule has 2 nitrogen and oxygen atoms in total. The minimum Gasteiger partial charge on any atom is -0.337 e. The second-order valence-electron chi connectivity index (χ2n) is 4.22. The fraction of sp³-hybridized carbons (Fsp3) is 0.700. The summed E-state index contributed by atoms with van der Waals surface area (Å²) in [5.41, 5.74) is 1.24. The maximum atomic E-state index is 5.26. The van der Waals surface area contributed by atoms with E-state index in [2.05, 4.69) is 35.2 Å². The first-order valence-electron chi connectivity index (χ1n) is 4.99. The molecule has 1 saturated heterocycles. The first-order valence-corrected chi connectivity index (χ1v) is 6.39. The van der Waals surface area contributed by atoms with Crippen LogP contribution in [-0.4, -0.2) is 20.1 Å². The minimum absolute atomic E-state index is 0.394. The van der Waals surface area contributed by atoms with Gasteiger partial charge in [-0.05, 0) is 44.7 Å². The lowest BCUT2D eigenvalue weighted by Crippen LogP contribution is -2.24. The lowest BCUT2D eigenvalue weighted by Gasteiger charge is -2.23. The highest BCUT2D eigenvalue weighted by Gasteiger charge is 2.30. The Labute approximate surface area is 94.1 Å². The molecule has 1 aliphatic heterocycles. The number of aromatic nitrogens is 2. The van der Waals surface area contributed by atoms with Crippen molar-refractivity contribution in [2.45, 2.75) is 38.0 Å². The molecule has 0 bridgehead atoms.